The van der Waals surface area contributed by atoms with E-state index < -0.39 is 0 Å². The lowest BCUT2D eigenvalue weighted by Crippen LogP contribution is -2.41. The summed E-state index contributed by atoms with van der Waals surface area (Å²) in [5, 5.41) is 15.2. The minimum absolute atomic E-state index is 0. The lowest BCUT2D eigenvalue weighted by Gasteiger charge is -2.21. The fraction of sp³-hybridized carbons (Fsp3) is 0.625. The summed E-state index contributed by atoms with van der Waals surface area (Å²) in [6, 6.07) is 6.86. The van der Waals surface area contributed by atoms with E-state index in [-0.39, 0.29) is 24.0 Å². The molecule has 2 heterocycles. The lowest BCUT2D eigenvalue weighted by molar-refractivity contribution is 0.273. The summed E-state index contributed by atoms with van der Waals surface area (Å²) in [4.78, 5) is 7.47. The van der Waals surface area contributed by atoms with Crippen molar-refractivity contribution >= 4 is 29.9 Å². The molecule has 8 nitrogen and oxygen atoms in total. The van der Waals surface area contributed by atoms with E-state index in [2.05, 4.69) is 63.2 Å². The number of aliphatic imine (C=N–C) groups is 1. The number of guanidine groups is 1. The molecule has 0 radical (unpaired) electrons. The second kappa shape index (κ2) is 14.4. The summed E-state index contributed by atoms with van der Waals surface area (Å²) in [6.45, 7) is 11.9. The monoisotopic (exact) mass is 569 g/mol. The minimum Gasteiger partial charge on any atom is -0.496 e. The van der Waals surface area contributed by atoms with Crippen LogP contribution in [0.15, 0.2) is 29.5 Å². The third-order valence-electron chi connectivity index (χ3n) is 6.15. The number of halogens is 1. The molecule has 1 fully saturated rings. The van der Waals surface area contributed by atoms with Crippen LogP contribution in [-0.4, -0.2) is 71.5 Å². The Kier molecular flexibility index (Phi) is 11.9. The van der Waals surface area contributed by atoms with Crippen LogP contribution in [0.25, 0.3) is 0 Å². The van der Waals surface area contributed by atoms with E-state index in [1.54, 1.807) is 13.4 Å². The zero-order valence-corrected chi connectivity index (χ0v) is 22.8. The molecule has 1 aliphatic rings. The molecule has 1 saturated heterocycles. The molecule has 0 saturated carbocycles. The van der Waals surface area contributed by atoms with Gasteiger partial charge in [0.2, 0.25) is 0 Å². The first-order valence-corrected chi connectivity index (χ1v) is 11.9. The highest BCUT2D eigenvalue weighted by molar-refractivity contribution is 14.0. The van der Waals surface area contributed by atoms with Gasteiger partial charge in [-0.25, -0.2) is 0 Å². The largest absolute Gasteiger partial charge is 0.496 e. The highest BCUT2D eigenvalue weighted by Gasteiger charge is 2.22. The van der Waals surface area contributed by atoms with E-state index in [0.29, 0.717) is 6.04 Å². The zero-order chi connectivity index (χ0) is 22.8. The van der Waals surface area contributed by atoms with E-state index in [1.807, 2.05) is 6.07 Å². The average Bonchev–Trinajstić information content (AvgIpc) is 3.46. The van der Waals surface area contributed by atoms with Gasteiger partial charge >= 0.3 is 0 Å². The quantitative estimate of drug-likeness (QED) is 0.246. The molecule has 1 unspecified atom stereocenters. The van der Waals surface area contributed by atoms with Gasteiger partial charge in [-0.05, 0) is 50.9 Å². The van der Waals surface area contributed by atoms with Gasteiger partial charge in [0.05, 0.1) is 13.7 Å². The van der Waals surface area contributed by atoms with Crippen LogP contribution in [0.3, 0.4) is 0 Å². The molecule has 0 aliphatic carbocycles. The molecule has 1 aromatic heterocycles. The molecule has 2 aromatic rings. The van der Waals surface area contributed by atoms with Crippen molar-refractivity contribution in [3.8, 4) is 5.75 Å². The van der Waals surface area contributed by atoms with Crippen molar-refractivity contribution in [2.75, 3.05) is 39.8 Å². The Morgan fingerprint density at radius 1 is 1.24 bits per heavy atom. The highest BCUT2D eigenvalue weighted by Crippen LogP contribution is 2.20. The Hall–Kier alpha value is -1.88. The molecule has 1 aliphatic heterocycles. The van der Waals surface area contributed by atoms with Crippen LogP contribution >= 0.6 is 24.0 Å². The van der Waals surface area contributed by atoms with Crippen molar-refractivity contribution in [3.63, 3.8) is 0 Å². The number of likely N-dealkylation sites (tertiary alicyclic amines) is 1. The Morgan fingerprint density at radius 2 is 2.06 bits per heavy atom. The summed E-state index contributed by atoms with van der Waals surface area (Å²) < 4.78 is 7.63. The number of nitrogens with zero attached hydrogens (tertiary/aromatic N) is 5. The van der Waals surface area contributed by atoms with Gasteiger partial charge in [0.1, 0.15) is 17.9 Å². The normalized spacial score (nSPS) is 16.5. The van der Waals surface area contributed by atoms with Gasteiger partial charge in [-0.2, -0.15) is 0 Å². The molecule has 0 spiro atoms. The number of hydrogen-bond acceptors (Lipinski definition) is 5. The third-order valence-corrected chi connectivity index (χ3v) is 6.15. The number of ether oxygens (including phenoxy) is 1. The summed E-state index contributed by atoms with van der Waals surface area (Å²) >= 11 is 0. The van der Waals surface area contributed by atoms with Gasteiger partial charge < -0.3 is 19.9 Å². The molecule has 2 N–H and O–H groups in total. The van der Waals surface area contributed by atoms with Crippen molar-refractivity contribution in [3.05, 3.63) is 41.5 Å². The summed E-state index contributed by atoms with van der Waals surface area (Å²) in [5.74, 6) is 2.81. The van der Waals surface area contributed by atoms with Gasteiger partial charge in [-0.15, -0.1) is 34.2 Å². The Morgan fingerprint density at radius 3 is 2.82 bits per heavy atom. The van der Waals surface area contributed by atoms with Crippen LogP contribution in [0.2, 0.25) is 0 Å². The van der Waals surface area contributed by atoms with Crippen molar-refractivity contribution in [1.29, 1.82) is 0 Å². The first-order chi connectivity index (χ1) is 15.6. The molecular weight excluding hydrogens is 529 g/mol. The van der Waals surface area contributed by atoms with Gasteiger partial charge in [-0.3, -0.25) is 9.89 Å². The first kappa shape index (κ1) is 27.4. The minimum atomic E-state index is 0. The SMILES string of the molecule is CCc1nncn1CCNC(=NCC1CCCN1CC)NCCc1cc(C)ccc1OC.I. The highest BCUT2D eigenvalue weighted by atomic mass is 127. The molecule has 0 amide bonds. The molecule has 33 heavy (non-hydrogen) atoms. The van der Waals surface area contributed by atoms with Gasteiger partial charge in [0, 0.05) is 32.1 Å². The number of methoxy groups -OCH3 is 1. The molecule has 1 aromatic carbocycles. The van der Waals surface area contributed by atoms with Crippen LogP contribution in [0.1, 0.15) is 43.6 Å². The molecule has 1 atom stereocenters. The molecule has 0 bridgehead atoms. The summed E-state index contributed by atoms with van der Waals surface area (Å²) in [7, 11) is 1.73. The number of nitrogens with one attached hydrogen (secondary N) is 2. The number of rotatable bonds is 11. The number of aromatic nitrogens is 3. The fourth-order valence-corrected chi connectivity index (χ4v) is 4.34. The van der Waals surface area contributed by atoms with Crippen molar-refractivity contribution in [1.82, 2.24) is 30.3 Å². The molecule has 9 heteroatoms. The summed E-state index contributed by atoms with van der Waals surface area (Å²) in [6.07, 6.45) is 6.05. The molecule has 3 rings (SSSR count). The number of hydrogen-bond donors (Lipinski definition) is 2. The van der Waals surface area contributed by atoms with E-state index in [9.17, 15) is 0 Å². The fourth-order valence-electron chi connectivity index (χ4n) is 4.34. The van der Waals surface area contributed by atoms with Crippen LogP contribution < -0.4 is 15.4 Å². The lowest BCUT2D eigenvalue weighted by atomic mass is 10.1. The Balaban J connectivity index is 0.00000385. The van der Waals surface area contributed by atoms with Crippen molar-refractivity contribution in [2.45, 2.75) is 59.0 Å². The first-order valence-electron chi connectivity index (χ1n) is 11.9. The smallest absolute Gasteiger partial charge is 0.191 e. The van der Waals surface area contributed by atoms with Crippen LogP contribution in [-0.2, 0) is 19.4 Å². The van der Waals surface area contributed by atoms with Crippen molar-refractivity contribution in [2.24, 2.45) is 4.99 Å². The van der Waals surface area contributed by atoms with Gasteiger partial charge in [0.15, 0.2) is 5.96 Å². The van der Waals surface area contributed by atoms with Crippen LogP contribution in [0.4, 0.5) is 0 Å². The van der Waals surface area contributed by atoms with Gasteiger partial charge in [0.25, 0.3) is 0 Å². The van der Waals surface area contributed by atoms with Gasteiger partial charge in [-0.1, -0.05) is 31.5 Å². The van der Waals surface area contributed by atoms with E-state index >= 15 is 0 Å². The maximum atomic E-state index is 5.53. The number of likely N-dealkylation sites (N-methyl/N-ethyl adjacent to an activating group) is 1. The second-order valence-corrected chi connectivity index (χ2v) is 8.33. The number of aryl methyl sites for hydroxylation is 2. The third kappa shape index (κ3) is 8.13. The molecular formula is C24H40IN7O. The average molecular weight is 570 g/mol. The zero-order valence-electron chi connectivity index (χ0n) is 20.5. The maximum Gasteiger partial charge on any atom is 0.191 e. The predicted octanol–water partition coefficient (Wildman–Crippen LogP) is 3.04. The van der Waals surface area contributed by atoms with E-state index in [0.717, 1.165) is 63.1 Å². The predicted molar refractivity (Wildman–Crippen MR) is 145 cm³/mol. The standard InChI is InChI=1S/C24H39N7O.HI/c1-5-23-29-28-18-31(23)15-13-26-24(27-17-21-8-7-14-30(21)6-2)25-12-11-20-16-19(3)9-10-22(20)32-4;/h9-10,16,18,21H,5-8,11-15,17H2,1-4H3,(H2,25,26,27);1H. The van der Waals surface area contributed by atoms with Crippen LogP contribution in [0.5, 0.6) is 5.75 Å². The maximum absolute atomic E-state index is 5.53. The van der Waals surface area contributed by atoms with E-state index in [1.165, 1.54) is 30.5 Å². The van der Waals surface area contributed by atoms with Crippen LogP contribution in [0, 0.1) is 6.92 Å². The number of benzene rings is 1. The topological polar surface area (TPSA) is 79.6 Å². The molecule has 184 valence electrons. The summed E-state index contributed by atoms with van der Waals surface area (Å²) in [5.41, 5.74) is 2.46. The van der Waals surface area contributed by atoms with Crippen molar-refractivity contribution < 1.29 is 4.74 Å². The van der Waals surface area contributed by atoms with E-state index in [4.69, 9.17) is 9.73 Å². The Labute approximate surface area is 215 Å². The second-order valence-electron chi connectivity index (χ2n) is 8.33. The Bertz CT molecular complexity index is 870.